The van der Waals surface area contributed by atoms with Crippen molar-refractivity contribution in [1.82, 2.24) is 19.1 Å². The standard InChI is InChI=1S/C16H22N4O4S/c1-25(23,24)20-8-6-18(7-9-20)16(22)14-10-15(21)19(12-14)11-13-2-4-17-5-3-13/h2-5,14H,6-12H2,1H3. The number of pyridine rings is 1. The fourth-order valence-electron chi connectivity index (χ4n) is 3.30. The van der Waals surface area contributed by atoms with Crippen LogP contribution in [0.15, 0.2) is 24.5 Å². The molecule has 0 aliphatic carbocycles. The van der Waals surface area contributed by atoms with Crippen molar-refractivity contribution in [1.29, 1.82) is 0 Å². The van der Waals surface area contributed by atoms with E-state index in [1.54, 1.807) is 22.2 Å². The molecule has 1 unspecified atom stereocenters. The van der Waals surface area contributed by atoms with Gasteiger partial charge in [-0.05, 0) is 17.7 Å². The van der Waals surface area contributed by atoms with Gasteiger partial charge in [0, 0.05) is 58.1 Å². The highest BCUT2D eigenvalue weighted by molar-refractivity contribution is 7.88. The molecular weight excluding hydrogens is 344 g/mol. The lowest BCUT2D eigenvalue weighted by molar-refractivity contribution is -0.137. The molecule has 2 aliphatic heterocycles. The van der Waals surface area contributed by atoms with Crippen LogP contribution < -0.4 is 0 Å². The molecule has 1 aromatic rings. The number of hydrogen-bond donors (Lipinski definition) is 0. The number of likely N-dealkylation sites (tertiary alicyclic amines) is 1. The summed E-state index contributed by atoms with van der Waals surface area (Å²) in [6.07, 6.45) is 4.76. The van der Waals surface area contributed by atoms with Crippen molar-refractivity contribution in [3.8, 4) is 0 Å². The van der Waals surface area contributed by atoms with E-state index in [1.807, 2.05) is 12.1 Å². The van der Waals surface area contributed by atoms with E-state index < -0.39 is 10.0 Å². The van der Waals surface area contributed by atoms with E-state index in [9.17, 15) is 18.0 Å². The van der Waals surface area contributed by atoms with Crippen LogP contribution in [0.25, 0.3) is 0 Å². The number of aromatic nitrogens is 1. The number of hydrogen-bond acceptors (Lipinski definition) is 5. The summed E-state index contributed by atoms with van der Waals surface area (Å²) in [5.41, 5.74) is 0.984. The Morgan fingerprint density at radius 3 is 2.44 bits per heavy atom. The molecule has 2 saturated heterocycles. The summed E-state index contributed by atoms with van der Waals surface area (Å²) in [5, 5.41) is 0. The second-order valence-electron chi connectivity index (χ2n) is 6.52. The first-order valence-electron chi connectivity index (χ1n) is 8.25. The predicted octanol–water partition coefficient (Wildman–Crippen LogP) is -0.466. The zero-order valence-electron chi connectivity index (χ0n) is 14.2. The van der Waals surface area contributed by atoms with Crippen LogP contribution in [0.1, 0.15) is 12.0 Å². The second-order valence-corrected chi connectivity index (χ2v) is 8.50. The average Bonchev–Trinajstić information content (AvgIpc) is 2.95. The number of nitrogens with zero attached hydrogens (tertiary/aromatic N) is 4. The van der Waals surface area contributed by atoms with Crippen LogP contribution in [0.4, 0.5) is 0 Å². The molecule has 3 heterocycles. The first-order chi connectivity index (χ1) is 11.8. The van der Waals surface area contributed by atoms with E-state index in [0.29, 0.717) is 39.3 Å². The maximum Gasteiger partial charge on any atom is 0.228 e. The van der Waals surface area contributed by atoms with E-state index in [4.69, 9.17) is 0 Å². The Bertz CT molecular complexity index is 745. The van der Waals surface area contributed by atoms with Crippen LogP contribution in [0, 0.1) is 5.92 Å². The minimum Gasteiger partial charge on any atom is -0.340 e. The first kappa shape index (κ1) is 17.8. The van der Waals surface area contributed by atoms with E-state index in [1.165, 1.54) is 10.6 Å². The fourth-order valence-corrected chi connectivity index (χ4v) is 4.12. The quantitative estimate of drug-likeness (QED) is 0.719. The maximum absolute atomic E-state index is 12.7. The number of carbonyl (C=O) groups excluding carboxylic acids is 2. The van der Waals surface area contributed by atoms with E-state index in [2.05, 4.69) is 4.98 Å². The van der Waals surface area contributed by atoms with Crippen molar-refractivity contribution >= 4 is 21.8 Å². The summed E-state index contributed by atoms with van der Waals surface area (Å²) in [5.74, 6) is -0.428. The number of amides is 2. The van der Waals surface area contributed by atoms with E-state index in [-0.39, 0.29) is 24.2 Å². The summed E-state index contributed by atoms with van der Waals surface area (Å²) < 4.78 is 24.5. The Hall–Kier alpha value is -2.00. The van der Waals surface area contributed by atoms with Crippen LogP contribution in [0.5, 0.6) is 0 Å². The molecule has 2 amide bonds. The molecule has 1 atom stereocenters. The van der Waals surface area contributed by atoms with Crippen LogP contribution in [-0.4, -0.2) is 78.3 Å². The third-order valence-electron chi connectivity index (χ3n) is 4.71. The number of rotatable bonds is 4. The molecule has 0 spiro atoms. The van der Waals surface area contributed by atoms with Crippen LogP contribution in [-0.2, 0) is 26.2 Å². The van der Waals surface area contributed by atoms with Crippen molar-refractivity contribution in [2.24, 2.45) is 5.92 Å². The predicted molar refractivity (Wildman–Crippen MR) is 90.8 cm³/mol. The van der Waals surface area contributed by atoms with Gasteiger partial charge in [-0.25, -0.2) is 8.42 Å². The van der Waals surface area contributed by atoms with Gasteiger partial charge in [0.2, 0.25) is 21.8 Å². The summed E-state index contributed by atoms with van der Waals surface area (Å²) in [6, 6.07) is 3.71. The lowest BCUT2D eigenvalue weighted by atomic mass is 10.1. The van der Waals surface area contributed by atoms with Gasteiger partial charge in [0.1, 0.15) is 0 Å². The Kier molecular flexibility index (Phi) is 5.05. The van der Waals surface area contributed by atoms with Gasteiger partial charge in [-0.1, -0.05) is 0 Å². The van der Waals surface area contributed by atoms with Crippen molar-refractivity contribution in [2.45, 2.75) is 13.0 Å². The normalized spacial score (nSPS) is 22.4. The van der Waals surface area contributed by atoms with Crippen molar-refractivity contribution in [3.05, 3.63) is 30.1 Å². The molecule has 0 bridgehead atoms. The van der Waals surface area contributed by atoms with Gasteiger partial charge in [0.15, 0.2) is 0 Å². The molecule has 0 N–H and O–H groups in total. The topological polar surface area (TPSA) is 90.9 Å². The second kappa shape index (κ2) is 7.09. The van der Waals surface area contributed by atoms with Gasteiger partial charge in [0.25, 0.3) is 0 Å². The van der Waals surface area contributed by atoms with Crippen LogP contribution >= 0.6 is 0 Å². The van der Waals surface area contributed by atoms with E-state index in [0.717, 1.165) is 5.56 Å². The monoisotopic (exact) mass is 366 g/mol. The zero-order chi connectivity index (χ0) is 18.0. The highest BCUT2D eigenvalue weighted by atomic mass is 32.2. The Balaban J connectivity index is 1.56. The SMILES string of the molecule is CS(=O)(=O)N1CCN(C(=O)C2CC(=O)N(Cc3ccncc3)C2)CC1. The van der Waals surface area contributed by atoms with Gasteiger partial charge < -0.3 is 9.80 Å². The number of piperazine rings is 1. The summed E-state index contributed by atoms with van der Waals surface area (Å²) in [6.45, 7) is 2.26. The molecule has 0 saturated carbocycles. The molecule has 0 aromatic carbocycles. The Morgan fingerprint density at radius 2 is 1.84 bits per heavy atom. The lowest BCUT2D eigenvalue weighted by Crippen LogP contribution is -2.51. The first-order valence-corrected chi connectivity index (χ1v) is 10.1. The smallest absolute Gasteiger partial charge is 0.228 e. The highest BCUT2D eigenvalue weighted by Gasteiger charge is 2.37. The molecule has 2 aliphatic rings. The summed E-state index contributed by atoms with van der Waals surface area (Å²) in [4.78, 5) is 32.2. The van der Waals surface area contributed by atoms with E-state index >= 15 is 0 Å². The van der Waals surface area contributed by atoms with Crippen molar-refractivity contribution in [3.63, 3.8) is 0 Å². The third kappa shape index (κ3) is 4.16. The Labute approximate surface area is 147 Å². The van der Waals surface area contributed by atoms with Gasteiger partial charge in [-0.3, -0.25) is 14.6 Å². The molecular formula is C16H22N4O4S. The van der Waals surface area contributed by atoms with Crippen LogP contribution in [0.3, 0.4) is 0 Å². The fraction of sp³-hybridized carbons (Fsp3) is 0.562. The van der Waals surface area contributed by atoms with Crippen LogP contribution in [0.2, 0.25) is 0 Å². The third-order valence-corrected chi connectivity index (χ3v) is 6.01. The zero-order valence-corrected chi connectivity index (χ0v) is 15.0. The molecule has 3 rings (SSSR count). The number of sulfonamides is 1. The maximum atomic E-state index is 12.7. The largest absolute Gasteiger partial charge is 0.340 e. The molecule has 9 heteroatoms. The summed E-state index contributed by atoms with van der Waals surface area (Å²) >= 11 is 0. The molecule has 8 nitrogen and oxygen atoms in total. The van der Waals surface area contributed by atoms with Gasteiger partial charge >= 0.3 is 0 Å². The highest BCUT2D eigenvalue weighted by Crippen LogP contribution is 2.23. The molecule has 136 valence electrons. The minimum atomic E-state index is -3.22. The molecule has 1 aromatic heterocycles. The van der Waals surface area contributed by atoms with Gasteiger partial charge in [-0.15, -0.1) is 0 Å². The average molecular weight is 366 g/mol. The van der Waals surface area contributed by atoms with Gasteiger partial charge in [-0.2, -0.15) is 4.31 Å². The molecule has 2 fully saturated rings. The minimum absolute atomic E-state index is 0.0232. The van der Waals surface area contributed by atoms with Gasteiger partial charge in [0.05, 0.1) is 12.2 Å². The van der Waals surface area contributed by atoms with Crippen molar-refractivity contribution < 1.29 is 18.0 Å². The molecule has 0 radical (unpaired) electrons. The lowest BCUT2D eigenvalue weighted by Gasteiger charge is -2.34. The van der Waals surface area contributed by atoms with Crippen molar-refractivity contribution in [2.75, 3.05) is 39.0 Å². The number of carbonyl (C=O) groups is 2. The summed E-state index contributed by atoms with van der Waals surface area (Å²) in [7, 11) is -3.22. The molecule has 25 heavy (non-hydrogen) atoms. The Morgan fingerprint density at radius 1 is 1.20 bits per heavy atom.